The molecule has 1 saturated carbocycles. The molecule has 0 saturated heterocycles. The molecular weight excluding hydrogens is 176 g/mol. The molecular formula is C12H16O2. The quantitative estimate of drug-likeness (QED) is 0.639. The molecule has 2 aliphatic carbocycles. The standard InChI is InChI=1S/C12H16O2/c13-11-5-1-3-9(7-11)10-4-2-6-12(14)8-10/h7,10H,1-6,8H2. The van der Waals surface area contributed by atoms with Crippen LogP contribution in [0.15, 0.2) is 11.6 Å². The highest BCUT2D eigenvalue weighted by Crippen LogP contribution is 2.32. The van der Waals surface area contributed by atoms with Gasteiger partial charge in [0.15, 0.2) is 5.78 Å². The van der Waals surface area contributed by atoms with Crippen molar-refractivity contribution in [3.63, 3.8) is 0 Å². The Hall–Kier alpha value is -0.920. The molecule has 0 aliphatic heterocycles. The second-order valence-corrected chi connectivity index (χ2v) is 4.37. The Morgan fingerprint density at radius 1 is 1.07 bits per heavy atom. The predicted octanol–water partition coefficient (Wildman–Crippen LogP) is 2.43. The van der Waals surface area contributed by atoms with Gasteiger partial charge in [0.2, 0.25) is 0 Å². The number of rotatable bonds is 1. The number of allylic oxidation sites excluding steroid dienone is 2. The van der Waals surface area contributed by atoms with E-state index in [0.717, 1.165) is 32.1 Å². The summed E-state index contributed by atoms with van der Waals surface area (Å²) in [5.74, 6) is 1.02. The minimum atomic E-state index is 0.254. The van der Waals surface area contributed by atoms with Crippen molar-refractivity contribution < 1.29 is 9.59 Å². The summed E-state index contributed by atoms with van der Waals surface area (Å²) in [5, 5.41) is 0. The van der Waals surface area contributed by atoms with Crippen LogP contribution in [0.4, 0.5) is 0 Å². The van der Waals surface area contributed by atoms with Gasteiger partial charge in [0.25, 0.3) is 0 Å². The Balaban J connectivity index is 2.06. The number of hydrogen-bond acceptors (Lipinski definition) is 2. The molecule has 0 bridgehead atoms. The first kappa shape index (κ1) is 9.63. The zero-order chi connectivity index (χ0) is 9.97. The van der Waals surface area contributed by atoms with Gasteiger partial charge >= 0.3 is 0 Å². The minimum Gasteiger partial charge on any atom is -0.300 e. The number of carbonyl (C=O) groups excluding carboxylic acids is 2. The zero-order valence-corrected chi connectivity index (χ0v) is 8.42. The van der Waals surface area contributed by atoms with Gasteiger partial charge in [-0.3, -0.25) is 9.59 Å². The number of ketones is 2. The van der Waals surface area contributed by atoms with E-state index in [9.17, 15) is 9.59 Å². The second kappa shape index (κ2) is 4.07. The summed E-state index contributed by atoms with van der Waals surface area (Å²) in [6, 6.07) is 0. The first-order chi connectivity index (χ1) is 6.75. The molecule has 2 heteroatoms. The summed E-state index contributed by atoms with van der Waals surface area (Å²) in [4.78, 5) is 22.5. The average molecular weight is 192 g/mol. The fourth-order valence-corrected chi connectivity index (χ4v) is 2.48. The Morgan fingerprint density at radius 2 is 1.93 bits per heavy atom. The molecule has 0 N–H and O–H groups in total. The van der Waals surface area contributed by atoms with Crippen LogP contribution in [0.25, 0.3) is 0 Å². The van der Waals surface area contributed by atoms with Crippen LogP contribution in [-0.2, 0) is 9.59 Å². The fourth-order valence-electron chi connectivity index (χ4n) is 2.48. The molecule has 1 unspecified atom stereocenters. The highest BCUT2D eigenvalue weighted by molar-refractivity contribution is 5.91. The van der Waals surface area contributed by atoms with Crippen LogP contribution in [0.2, 0.25) is 0 Å². The van der Waals surface area contributed by atoms with E-state index in [-0.39, 0.29) is 5.78 Å². The lowest BCUT2D eigenvalue weighted by Crippen LogP contribution is -2.19. The van der Waals surface area contributed by atoms with Gasteiger partial charge in [-0.15, -0.1) is 0 Å². The van der Waals surface area contributed by atoms with Crippen molar-refractivity contribution >= 4 is 11.6 Å². The molecule has 0 aromatic heterocycles. The van der Waals surface area contributed by atoms with E-state index in [0.29, 0.717) is 24.5 Å². The fraction of sp³-hybridized carbons (Fsp3) is 0.667. The number of Topliss-reactive ketones (excluding diaryl/α,β-unsaturated/α-hetero) is 1. The molecule has 0 aromatic carbocycles. The van der Waals surface area contributed by atoms with Crippen molar-refractivity contribution in [2.24, 2.45) is 5.92 Å². The van der Waals surface area contributed by atoms with Gasteiger partial charge in [0.05, 0.1) is 0 Å². The molecule has 1 atom stereocenters. The highest BCUT2D eigenvalue weighted by Gasteiger charge is 2.24. The number of carbonyl (C=O) groups is 2. The van der Waals surface area contributed by atoms with Crippen LogP contribution in [0.3, 0.4) is 0 Å². The summed E-state index contributed by atoms with van der Waals surface area (Å²) in [6.45, 7) is 0. The molecule has 14 heavy (non-hydrogen) atoms. The average Bonchev–Trinajstić information content (AvgIpc) is 2.18. The second-order valence-electron chi connectivity index (χ2n) is 4.37. The Kier molecular flexibility index (Phi) is 2.80. The van der Waals surface area contributed by atoms with E-state index in [1.54, 1.807) is 6.08 Å². The monoisotopic (exact) mass is 192 g/mol. The van der Waals surface area contributed by atoms with Gasteiger partial charge in [-0.25, -0.2) is 0 Å². The van der Waals surface area contributed by atoms with Crippen molar-refractivity contribution in [2.75, 3.05) is 0 Å². The van der Waals surface area contributed by atoms with Crippen molar-refractivity contribution in [1.29, 1.82) is 0 Å². The maximum Gasteiger partial charge on any atom is 0.155 e. The van der Waals surface area contributed by atoms with Gasteiger partial charge < -0.3 is 0 Å². The summed E-state index contributed by atoms with van der Waals surface area (Å²) < 4.78 is 0. The third-order valence-electron chi connectivity index (χ3n) is 3.24. The molecule has 1 fully saturated rings. The van der Waals surface area contributed by atoms with E-state index < -0.39 is 0 Å². The smallest absolute Gasteiger partial charge is 0.155 e. The Morgan fingerprint density at radius 3 is 2.64 bits per heavy atom. The van der Waals surface area contributed by atoms with Gasteiger partial charge in [-0.2, -0.15) is 0 Å². The minimum absolute atomic E-state index is 0.254. The topological polar surface area (TPSA) is 34.1 Å². The van der Waals surface area contributed by atoms with Crippen LogP contribution in [0.1, 0.15) is 44.9 Å². The molecule has 0 heterocycles. The Bertz CT molecular complexity index is 289. The molecule has 2 nitrogen and oxygen atoms in total. The van der Waals surface area contributed by atoms with Crippen LogP contribution in [0, 0.1) is 5.92 Å². The SMILES string of the molecule is O=C1C=C(C2CCCC(=O)C2)CCC1. The molecule has 0 aromatic rings. The lowest BCUT2D eigenvalue weighted by atomic mass is 9.79. The zero-order valence-electron chi connectivity index (χ0n) is 8.42. The highest BCUT2D eigenvalue weighted by atomic mass is 16.1. The summed E-state index contributed by atoms with van der Waals surface area (Å²) in [7, 11) is 0. The maximum absolute atomic E-state index is 11.3. The lowest BCUT2D eigenvalue weighted by molar-refractivity contribution is -0.121. The van der Waals surface area contributed by atoms with Crippen molar-refractivity contribution in [3.05, 3.63) is 11.6 Å². The summed E-state index contributed by atoms with van der Waals surface area (Å²) in [6.07, 6.45) is 8.05. The van der Waals surface area contributed by atoms with Crippen molar-refractivity contribution in [1.82, 2.24) is 0 Å². The first-order valence-electron chi connectivity index (χ1n) is 5.50. The number of hydrogen-bond donors (Lipinski definition) is 0. The molecule has 0 amide bonds. The van der Waals surface area contributed by atoms with Crippen LogP contribution >= 0.6 is 0 Å². The van der Waals surface area contributed by atoms with Crippen LogP contribution in [-0.4, -0.2) is 11.6 Å². The van der Waals surface area contributed by atoms with E-state index in [4.69, 9.17) is 0 Å². The van der Waals surface area contributed by atoms with Crippen molar-refractivity contribution in [2.45, 2.75) is 44.9 Å². The third kappa shape index (κ3) is 2.11. The normalized spacial score (nSPS) is 28.9. The molecule has 76 valence electrons. The largest absolute Gasteiger partial charge is 0.300 e. The van der Waals surface area contributed by atoms with Crippen LogP contribution < -0.4 is 0 Å². The van der Waals surface area contributed by atoms with Crippen LogP contribution in [0.5, 0.6) is 0 Å². The van der Waals surface area contributed by atoms with Crippen molar-refractivity contribution in [3.8, 4) is 0 Å². The van der Waals surface area contributed by atoms with E-state index >= 15 is 0 Å². The summed E-state index contributed by atoms with van der Waals surface area (Å²) >= 11 is 0. The molecule has 2 rings (SSSR count). The van der Waals surface area contributed by atoms with Gasteiger partial charge in [0, 0.05) is 19.3 Å². The summed E-state index contributed by atoms with van der Waals surface area (Å²) in [5.41, 5.74) is 1.24. The van der Waals surface area contributed by atoms with Gasteiger partial charge in [0.1, 0.15) is 5.78 Å². The van der Waals surface area contributed by atoms with E-state index in [1.807, 2.05) is 0 Å². The molecule has 0 spiro atoms. The van der Waals surface area contributed by atoms with E-state index in [2.05, 4.69) is 0 Å². The maximum atomic E-state index is 11.3. The van der Waals surface area contributed by atoms with Gasteiger partial charge in [-0.05, 0) is 37.7 Å². The van der Waals surface area contributed by atoms with Gasteiger partial charge in [-0.1, -0.05) is 5.57 Å². The van der Waals surface area contributed by atoms with E-state index in [1.165, 1.54) is 5.57 Å². The first-order valence-corrected chi connectivity index (χ1v) is 5.50. The molecule has 0 radical (unpaired) electrons. The molecule has 2 aliphatic rings. The third-order valence-corrected chi connectivity index (χ3v) is 3.24. The Labute approximate surface area is 84.4 Å². The lowest BCUT2D eigenvalue weighted by Gasteiger charge is -2.25. The predicted molar refractivity (Wildman–Crippen MR) is 53.9 cm³/mol.